The zero-order chi connectivity index (χ0) is 13.1. The molecular formula is C13H15N3O2. The first-order valence-electron chi connectivity index (χ1n) is 5.86. The van der Waals surface area contributed by atoms with Crippen molar-refractivity contribution in [3.05, 3.63) is 30.1 Å². The number of hydrogen-bond acceptors (Lipinski definition) is 4. The van der Waals surface area contributed by atoms with Crippen LogP contribution in [-0.4, -0.2) is 27.1 Å². The fraction of sp³-hybridized carbons (Fsp3) is 0.308. The van der Waals surface area contributed by atoms with E-state index in [9.17, 15) is 4.79 Å². The van der Waals surface area contributed by atoms with Crippen LogP contribution in [0.25, 0.3) is 10.9 Å². The van der Waals surface area contributed by atoms with Gasteiger partial charge >= 0.3 is 5.97 Å². The molecule has 1 atom stereocenters. The van der Waals surface area contributed by atoms with Gasteiger partial charge in [-0.3, -0.25) is 0 Å². The van der Waals surface area contributed by atoms with Crippen LogP contribution in [0.1, 0.15) is 30.6 Å². The first kappa shape index (κ1) is 12.3. The third kappa shape index (κ3) is 2.40. The molecule has 1 aromatic heterocycles. The van der Waals surface area contributed by atoms with Gasteiger partial charge in [-0.15, -0.1) is 0 Å². The minimum absolute atomic E-state index is 0.232. The molecule has 0 amide bonds. The molecule has 0 fully saturated rings. The number of carbonyl (C=O) groups is 1. The van der Waals surface area contributed by atoms with Crippen molar-refractivity contribution < 1.29 is 9.90 Å². The van der Waals surface area contributed by atoms with E-state index in [1.54, 1.807) is 18.2 Å². The lowest BCUT2D eigenvalue weighted by atomic mass is 10.1. The van der Waals surface area contributed by atoms with Crippen molar-refractivity contribution in [1.82, 2.24) is 9.97 Å². The van der Waals surface area contributed by atoms with E-state index < -0.39 is 5.97 Å². The Bertz CT molecular complexity index is 583. The number of nitrogens with one attached hydrogen (secondary N) is 1. The van der Waals surface area contributed by atoms with E-state index in [1.807, 2.05) is 0 Å². The van der Waals surface area contributed by atoms with Crippen molar-refractivity contribution in [1.29, 1.82) is 0 Å². The molecule has 0 saturated carbocycles. The Morgan fingerprint density at radius 3 is 2.89 bits per heavy atom. The summed E-state index contributed by atoms with van der Waals surface area (Å²) in [7, 11) is 0. The third-order valence-electron chi connectivity index (χ3n) is 2.88. The first-order valence-corrected chi connectivity index (χ1v) is 5.86. The molecule has 2 aromatic rings. The number of rotatable bonds is 4. The van der Waals surface area contributed by atoms with Gasteiger partial charge in [-0.25, -0.2) is 14.8 Å². The van der Waals surface area contributed by atoms with E-state index in [4.69, 9.17) is 5.11 Å². The van der Waals surface area contributed by atoms with Gasteiger partial charge in [0.25, 0.3) is 0 Å². The lowest BCUT2D eigenvalue weighted by Crippen LogP contribution is -2.14. The lowest BCUT2D eigenvalue weighted by Gasteiger charge is -2.13. The van der Waals surface area contributed by atoms with Crippen LogP contribution in [0.15, 0.2) is 24.5 Å². The Balaban J connectivity index is 2.47. The number of benzene rings is 1. The zero-order valence-corrected chi connectivity index (χ0v) is 10.3. The minimum Gasteiger partial charge on any atom is -0.478 e. The Kier molecular flexibility index (Phi) is 3.41. The fourth-order valence-corrected chi connectivity index (χ4v) is 1.64. The SMILES string of the molecule is CCC(C)Nc1ncnc2cc(C(=O)O)ccc12. The number of carboxylic acids is 1. The van der Waals surface area contributed by atoms with Gasteiger partial charge in [0, 0.05) is 11.4 Å². The van der Waals surface area contributed by atoms with E-state index in [1.165, 1.54) is 6.33 Å². The molecule has 2 N–H and O–H groups in total. The number of aromatic nitrogens is 2. The van der Waals surface area contributed by atoms with Crippen LogP contribution in [-0.2, 0) is 0 Å². The molecule has 94 valence electrons. The molecule has 0 saturated heterocycles. The van der Waals surface area contributed by atoms with E-state index in [2.05, 4.69) is 29.1 Å². The lowest BCUT2D eigenvalue weighted by molar-refractivity contribution is 0.0697. The molecule has 0 aliphatic heterocycles. The number of carboxylic acid groups (broad SMARTS) is 1. The van der Waals surface area contributed by atoms with Gasteiger partial charge in [-0.2, -0.15) is 0 Å². The van der Waals surface area contributed by atoms with Crippen LogP contribution in [0, 0.1) is 0 Å². The van der Waals surface area contributed by atoms with Crippen LogP contribution in [0.3, 0.4) is 0 Å². The molecule has 1 unspecified atom stereocenters. The van der Waals surface area contributed by atoms with Gasteiger partial charge in [-0.05, 0) is 31.5 Å². The molecule has 0 spiro atoms. The van der Waals surface area contributed by atoms with Gasteiger partial charge in [0.15, 0.2) is 0 Å². The van der Waals surface area contributed by atoms with E-state index in [0.29, 0.717) is 11.6 Å². The van der Waals surface area contributed by atoms with Crippen molar-refractivity contribution in [2.45, 2.75) is 26.3 Å². The van der Waals surface area contributed by atoms with Crippen molar-refractivity contribution in [3.63, 3.8) is 0 Å². The predicted molar refractivity (Wildman–Crippen MR) is 69.9 cm³/mol. The second-order valence-electron chi connectivity index (χ2n) is 4.21. The molecule has 18 heavy (non-hydrogen) atoms. The average molecular weight is 245 g/mol. The van der Waals surface area contributed by atoms with Gasteiger partial charge in [0.05, 0.1) is 11.1 Å². The first-order chi connectivity index (χ1) is 8.61. The van der Waals surface area contributed by atoms with Crippen LogP contribution < -0.4 is 5.32 Å². The van der Waals surface area contributed by atoms with E-state index in [-0.39, 0.29) is 5.56 Å². The summed E-state index contributed by atoms with van der Waals surface area (Å²) in [6, 6.07) is 5.17. The van der Waals surface area contributed by atoms with Crippen LogP contribution in [0.5, 0.6) is 0 Å². The smallest absolute Gasteiger partial charge is 0.335 e. The van der Waals surface area contributed by atoms with Gasteiger partial charge in [-0.1, -0.05) is 6.92 Å². The normalized spacial score (nSPS) is 12.3. The molecule has 5 nitrogen and oxygen atoms in total. The van der Waals surface area contributed by atoms with E-state index in [0.717, 1.165) is 17.6 Å². The van der Waals surface area contributed by atoms with Crippen molar-refractivity contribution in [2.75, 3.05) is 5.32 Å². The maximum Gasteiger partial charge on any atom is 0.335 e. The topological polar surface area (TPSA) is 75.1 Å². The predicted octanol–water partition coefficient (Wildman–Crippen LogP) is 2.54. The Morgan fingerprint density at radius 2 is 2.22 bits per heavy atom. The minimum atomic E-state index is -0.952. The number of fused-ring (bicyclic) bond motifs is 1. The summed E-state index contributed by atoms with van der Waals surface area (Å²) in [5.74, 6) is -0.210. The molecule has 1 heterocycles. The third-order valence-corrected chi connectivity index (χ3v) is 2.88. The summed E-state index contributed by atoms with van der Waals surface area (Å²) < 4.78 is 0. The van der Waals surface area contributed by atoms with Crippen molar-refractivity contribution in [2.24, 2.45) is 0 Å². The van der Waals surface area contributed by atoms with Crippen LogP contribution in [0.4, 0.5) is 5.82 Å². The number of nitrogens with zero attached hydrogens (tertiary/aromatic N) is 2. The van der Waals surface area contributed by atoms with E-state index >= 15 is 0 Å². The summed E-state index contributed by atoms with van der Waals surface area (Å²) in [6.45, 7) is 4.16. The maximum absolute atomic E-state index is 10.9. The monoisotopic (exact) mass is 245 g/mol. The quantitative estimate of drug-likeness (QED) is 0.865. The Morgan fingerprint density at radius 1 is 1.44 bits per heavy atom. The maximum atomic E-state index is 10.9. The second-order valence-corrected chi connectivity index (χ2v) is 4.21. The molecule has 0 radical (unpaired) electrons. The number of anilines is 1. The molecule has 1 aromatic carbocycles. The number of aromatic carboxylic acids is 1. The van der Waals surface area contributed by atoms with Gasteiger partial charge in [0.1, 0.15) is 12.1 Å². The zero-order valence-electron chi connectivity index (χ0n) is 10.3. The fourth-order valence-electron chi connectivity index (χ4n) is 1.64. The molecule has 0 aliphatic carbocycles. The highest BCUT2D eigenvalue weighted by molar-refractivity contribution is 5.96. The second kappa shape index (κ2) is 5.00. The summed E-state index contributed by atoms with van der Waals surface area (Å²) in [5.41, 5.74) is 0.867. The standard InChI is InChI=1S/C13H15N3O2/c1-3-8(2)16-12-10-5-4-9(13(17)18)6-11(10)14-7-15-12/h4-8H,3H2,1-2H3,(H,17,18)(H,14,15,16). The highest BCUT2D eigenvalue weighted by atomic mass is 16.4. The summed E-state index contributed by atoms with van der Waals surface area (Å²) in [5, 5.41) is 13.1. The molecule has 0 aliphatic rings. The molecule has 2 rings (SSSR count). The number of hydrogen-bond donors (Lipinski definition) is 2. The summed E-state index contributed by atoms with van der Waals surface area (Å²) in [4.78, 5) is 19.2. The molecular weight excluding hydrogens is 230 g/mol. The average Bonchev–Trinajstić information content (AvgIpc) is 2.38. The Labute approximate surface area is 105 Å². The van der Waals surface area contributed by atoms with Crippen molar-refractivity contribution in [3.8, 4) is 0 Å². The van der Waals surface area contributed by atoms with Gasteiger partial charge in [0.2, 0.25) is 0 Å². The molecule has 0 bridgehead atoms. The largest absolute Gasteiger partial charge is 0.478 e. The van der Waals surface area contributed by atoms with Crippen molar-refractivity contribution >= 4 is 22.7 Å². The summed E-state index contributed by atoms with van der Waals surface area (Å²) >= 11 is 0. The van der Waals surface area contributed by atoms with Gasteiger partial charge < -0.3 is 10.4 Å². The summed E-state index contributed by atoms with van der Waals surface area (Å²) in [6.07, 6.45) is 2.43. The highest BCUT2D eigenvalue weighted by Crippen LogP contribution is 2.21. The molecule has 5 heteroatoms. The Hall–Kier alpha value is -2.17. The highest BCUT2D eigenvalue weighted by Gasteiger charge is 2.09. The van der Waals surface area contributed by atoms with Crippen LogP contribution >= 0.6 is 0 Å². The van der Waals surface area contributed by atoms with Crippen LogP contribution in [0.2, 0.25) is 0 Å².